The van der Waals surface area contributed by atoms with E-state index in [2.05, 4.69) is 13.5 Å². The Morgan fingerprint density at radius 1 is 0.923 bits per heavy atom. The summed E-state index contributed by atoms with van der Waals surface area (Å²) in [7, 11) is 0. The van der Waals surface area contributed by atoms with Gasteiger partial charge in [-0.1, -0.05) is 13.5 Å². The minimum Gasteiger partial charge on any atom is -0.456 e. The third kappa shape index (κ3) is 3.64. The van der Waals surface area contributed by atoms with Crippen LogP contribution >= 0.6 is 0 Å². The zero-order chi connectivity index (χ0) is 18.9. The van der Waals surface area contributed by atoms with Gasteiger partial charge in [-0.2, -0.15) is 0 Å². The molecule has 0 aromatic carbocycles. The number of carbonyl (C=O) groups excluding carboxylic acids is 3. The standard InChI is InChI=1S/C20H28O6/c1-4-20(15-6-13-5-14(8-15)9-16(20)7-13)26-18(22)11-24-17(21)10-25-19(23)12(2)3/h13-16H,2,4-11H2,1,3H3. The molecule has 0 radical (unpaired) electrons. The Labute approximate surface area is 154 Å². The first kappa shape index (κ1) is 18.9. The first-order valence-electron chi connectivity index (χ1n) is 9.54. The highest BCUT2D eigenvalue weighted by molar-refractivity contribution is 5.88. The topological polar surface area (TPSA) is 78.9 Å². The lowest BCUT2D eigenvalue weighted by molar-refractivity contribution is -0.214. The van der Waals surface area contributed by atoms with E-state index in [9.17, 15) is 14.4 Å². The van der Waals surface area contributed by atoms with Gasteiger partial charge in [-0.05, 0) is 69.1 Å². The van der Waals surface area contributed by atoms with Gasteiger partial charge in [0.25, 0.3) is 0 Å². The second-order valence-corrected chi connectivity index (χ2v) is 8.10. The average Bonchev–Trinajstić information content (AvgIpc) is 2.60. The van der Waals surface area contributed by atoms with Gasteiger partial charge in [0.05, 0.1) is 0 Å². The van der Waals surface area contributed by atoms with Crippen molar-refractivity contribution in [3.05, 3.63) is 12.2 Å². The maximum absolute atomic E-state index is 12.3. The highest BCUT2D eigenvalue weighted by Gasteiger charge is 2.58. The lowest BCUT2D eigenvalue weighted by Gasteiger charge is -2.60. The predicted molar refractivity (Wildman–Crippen MR) is 92.9 cm³/mol. The summed E-state index contributed by atoms with van der Waals surface area (Å²) in [5.41, 5.74) is -0.201. The molecule has 4 aliphatic carbocycles. The molecule has 26 heavy (non-hydrogen) atoms. The summed E-state index contributed by atoms with van der Waals surface area (Å²) in [5, 5.41) is 0. The number of hydrogen-bond donors (Lipinski definition) is 0. The van der Waals surface area contributed by atoms with E-state index in [0.29, 0.717) is 11.8 Å². The van der Waals surface area contributed by atoms with Gasteiger partial charge in [-0.25, -0.2) is 14.4 Å². The van der Waals surface area contributed by atoms with Crippen molar-refractivity contribution >= 4 is 17.9 Å². The highest BCUT2D eigenvalue weighted by Crippen LogP contribution is 2.60. The van der Waals surface area contributed by atoms with Crippen molar-refractivity contribution in [2.45, 2.75) is 58.0 Å². The smallest absolute Gasteiger partial charge is 0.344 e. The van der Waals surface area contributed by atoms with Crippen molar-refractivity contribution in [3.8, 4) is 0 Å². The van der Waals surface area contributed by atoms with Crippen LogP contribution in [0.4, 0.5) is 0 Å². The van der Waals surface area contributed by atoms with Crippen molar-refractivity contribution in [1.82, 2.24) is 0 Å². The van der Waals surface area contributed by atoms with Crippen LogP contribution in [0.15, 0.2) is 12.2 Å². The Kier molecular flexibility index (Phi) is 5.39. The second kappa shape index (κ2) is 7.41. The molecule has 0 saturated heterocycles. The van der Waals surface area contributed by atoms with Gasteiger partial charge in [0, 0.05) is 5.57 Å². The van der Waals surface area contributed by atoms with Gasteiger partial charge in [0.2, 0.25) is 0 Å². The van der Waals surface area contributed by atoms with E-state index in [0.717, 1.165) is 43.9 Å². The van der Waals surface area contributed by atoms with Crippen LogP contribution in [0.3, 0.4) is 0 Å². The Morgan fingerprint density at radius 3 is 1.96 bits per heavy atom. The molecule has 4 bridgehead atoms. The molecule has 0 aromatic rings. The number of carbonyl (C=O) groups is 3. The summed E-state index contributed by atoms with van der Waals surface area (Å²) < 4.78 is 15.5. The summed E-state index contributed by atoms with van der Waals surface area (Å²) in [6.45, 7) is 6.01. The molecular formula is C20H28O6. The van der Waals surface area contributed by atoms with Crippen molar-refractivity contribution in [2.75, 3.05) is 13.2 Å². The van der Waals surface area contributed by atoms with E-state index in [4.69, 9.17) is 14.2 Å². The molecule has 4 rings (SSSR count). The van der Waals surface area contributed by atoms with Crippen molar-refractivity contribution in [1.29, 1.82) is 0 Å². The second-order valence-electron chi connectivity index (χ2n) is 8.10. The SMILES string of the molecule is C=C(C)C(=O)OCC(=O)OCC(=O)OC1(CC)C2CC3CC(C2)CC1C3. The van der Waals surface area contributed by atoms with Gasteiger partial charge < -0.3 is 14.2 Å². The summed E-state index contributed by atoms with van der Waals surface area (Å²) in [6, 6.07) is 0. The van der Waals surface area contributed by atoms with Gasteiger partial charge in [0.1, 0.15) is 5.60 Å². The van der Waals surface area contributed by atoms with E-state index in [1.165, 1.54) is 13.3 Å². The van der Waals surface area contributed by atoms with E-state index in [1.807, 2.05) is 0 Å². The van der Waals surface area contributed by atoms with Gasteiger partial charge in [0.15, 0.2) is 13.2 Å². The maximum Gasteiger partial charge on any atom is 0.344 e. The van der Waals surface area contributed by atoms with Gasteiger partial charge >= 0.3 is 17.9 Å². The van der Waals surface area contributed by atoms with Crippen LogP contribution in [0.1, 0.15) is 52.4 Å². The lowest BCUT2D eigenvalue weighted by Crippen LogP contribution is -2.59. The molecule has 4 fully saturated rings. The minimum atomic E-state index is -0.771. The fraction of sp³-hybridized carbons (Fsp3) is 0.750. The molecule has 0 aromatic heterocycles. The quantitative estimate of drug-likeness (QED) is 0.393. The van der Waals surface area contributed by atoms with Crippen LogP contribution in [0.5, 0.6) is 0 Å². The van der Waals surface area contributed by atoms with E-state index < -0.39 is 36.7 Å². The first-order chi connectivity index (χ1) is 12.3. The average molecular weight is 364 g/mol. The number of ether oxygens (including phenoxy) is 3. The molecule has 0 amide bonds. The molecule has 4 saturated carbocycles. The van der Waals surface area contributed by atoms with E-state index in [1.54, 1.807) is 0 Å². The molecule has 0 unspecified atom stereocenters. The Bertz CT molecular complexity index is 579. The predicted octanol–water partition coefficient (Wildman–Crippen LogP) is 2.80. The van der Waals surface area contributed by atoms with Gasteiger partial charge in [-0.15, -0.1) is 0 Å². The molecule has 0 atom stereocenters. The molecule has 144 valence electrons. The van der Waals surface area contributed by atoms with Gasteiger partial charge in [-0.3, -0.25) is 0 Å². The summed E-state index contributed by atoms with van der Waals surface area (Å²) in [6.07, 6.45) is 6.71. The third-order valence-electron chi connectivity index (χ3n) is 6.40. The maximum atomic E-state index is 12.3. The van der Waals surface area contributed by atoms with Crippen LogP contribution in [0, 0.1) is 23.7 Å². The summed E-state index contributed by atoms with van der Waals surface area (Å²) in [4.78, 5) is 35.2. The lowest BCUT2D eigenvalue weighted by atomic mass is 9.49. The van der Waals surface area contributed by atoms with Crippen molar-refractivity contribution in [2.24, 2.45) is 23.7 Å². The molecule has 6 heteroatoms. The van der Waals surface area contributed by atoms with Crippen LogP contribution in [-0.4, -0.2) is 36.7 Å². The molecule has 0 aliphatic heterocycles. The fourth-order valence-corrected chi connectivity index (χ4v) is 5.47. The Morgan fingerprint density at radius 2 is 1.46 bits per heavy atom. The normalized spacial score (nSPS) is 34.2. The minimum absolute atomic E-state index is 0.198. The molecule has 4 aliphatic rings. The highest BCUT2D eigenvalue weighted by atomic mass is 16.6. The van der Waals surface area contributed by atoms with Crippen molar-refractivity contribution < 1.29 is 28.6 Å². The van der Waals surface area contributed by atoms with Crippen LogP contribution in [0.25, 0.3) is 0 Å². The molecule has 0 heterocycles. The Balaban J connectivity index is 1.50. The van der Waals surface area contributed by atoms with Crippen molar-refractivity contribution in [3.63, 3.8) is 0 Å². The van der Waals surface area contributed by atoms with E-state index >= 15 is 0 Å². The number of hydrogen-bond acceptors (Lipinski definition) is 6. The number of esters is 3. The number of rotatable bonds is 7. The summed E-state index contributed by atoms with van der Waals surface area (Å²) in [5.74, 6) is 0.488. The van der Waals surface area contributed by atoms with Crippen LogP contribution in [0.2, 0.25) is 0 Å². The zero-order valence-electron chi connectivity index (χ0n) is 15.6. The zero-order valence-corrected chi connectivity index (χ0v) is 15.6. The Hall–Kier alpha value is -1.85. The molecule has 6 nitrogen and oxygen atoms in total. The monoisotopic (exact) mass is 364 g/mol. The molecule has 0 spiro atoms. The van der Waals surface area contributed by atoms with E-state index in [-0.39, 0.29) is 5.57 Å². The fourth-order valence-electron chi connectivity index (χ4n) is 5.47. The van der Waals surface area contributed by atoms with Crippen LogP contribution in [-0.2, 0) is 28.6 Å². The van der Waals surface area contributed by atoms with Crippen LogP contribution < -0.4 is 0 Å². The molecular weight excluding hydrogens is 336 g/mol. The first-order valence-corrected chi connectivity index (χ1v) is 9.54. The summed E-state index contributed by atoms with van der Waals surface area (Å²) >= 11 is 0. The third-order valence-corrected chi connectivity index (χ3v) is 6.40. The molecule has 0 N–H and O–H groups in total. The largest absolute Gasteiger partial charge is 0.456 e.